The van der Waals surface area contributed by atoms with Gasteiger partial charge in [-0.1, -0.05) is 36.4 Å². The maximum Gasteiger partial charge on any atom is 0.200 e. The zero-order chi connectivity index (χ0) is 17.9. The van der Waals surface area contributed by atoms with Gasteiger partial charge in [-0.15, -0.1) is 0 Å². The van der Waals surface area contributed by atoms with Crippen LogP contribution in [0.15, 0.2) is 78.7 Å². The predicted octanol–water partition coefficient (Wildman–Crippen LogP) is 4.90. The first-order chi connectivity index (χ1) is 12.8. The Labute approximate surface area is 152 Å². The molecule has 1 aromatic heterocycles. The summed E-state index contributed by atoms with van der Waals surface area (Å²) in [5, 5.41) is 10.6. The smallest absolute Gasteiger partial charge is 0.200 e. The van der Waals surface area contributed by atoms with Crippen LogP contribution >= 0.6 is 0 Å². The summed E-state index contributed by atoms with van der Waals surface area (Å²) >= 11 is 0. The molecule has 3 aromatic rings. The van der Waals surface area contributed by atoms with E-state index in [2.05, 4.69) is 22.9 Å². The van der Waals surface area contributed by atoms with Crippen LogP contribution in [0.25, 0.3) is 16.5 Å². The van der Waals surface area contributed by atoms with Crippen molar-refractivity contribution in [2.24, 2.45) is 0 Å². The Bertz CT molecular complexity index is 1080. The van der Waals surface area contributed by atoms with Gasteiger partial charge in [0.2, 0.25) is 5.88 Å². The molecule has 1 aliphatic heterocycles. The van der Waals surface area contributed by atoms with Crippen molar-refractivity contribution in [2.75, 3.05) is 11.4 Å². The lowest BCUT2D eigenvalue weighted by Gasteiger charge is -2.14. The summed E-state index contributed by atoms with van der Waals surface area (Å²) in [6.45, 7) is 2.85. The zero-order valence-electron chi connectivity index (χ0n) is 14.4. The third kappa shape index (κ3) is 2.80. The summed E-state index contributed by atoms with van der Waals surface area (Å²) in [4.78, 5) is 6.67. The number of anilines is 1. The van der Waals surface area contributed by atoms with Crippen molar-refractivity contribution >= 4 is 22.2 Å². The minimum atomic E-state index is 0.499. The maximum atomic E-state index is 9.58. The topological polar surface area (TPSA) is 49.2 Å². The number of hydrogen-bond donors (Lipinski definition) is 0. The van der Waals surface area contributed by atoms with Crippen LogP contribution in [0.3, 0.4) is 0 Å². The third-order valence-electron chi connectivity index (χ3n) is 4.34. The average Bonchev–Trinajstić information content (AvgIpc) is 3.05. The van der Waals surface area contributed by atoms with E-state index in [0.717, 1.165) is 28.9 Å². The van der Waals surface area contributed by atoms with Crippen LogP contribution in [0, 0.1) is 11.3 Å². The molecule has 0 N–H and O–H groups in total. The number of fused-ring (bicyclic) bond motifs is 2. The van der Waals surface area contributed by atoms with E-state index in [0.29, 0.717) is 17.2 Å². The summed E-state index contributed by atoms with van der Waals surface area (Å²) in [5.41, 5.74) is 3.07. The van der Waals surface area contributed by atoms with E-state index in [1.807, 2.05) is 66.7 Å². The molecule has 4 rings (SSSR count). The Morgan fingerprint density at radius 3 is 2.77 bits per heavy atom. The lowest BCUT2D eigenvalue weighted by molar-refractivity contribution is 0.440. The van der Waals surface area contributed by atoms with Gasteiger partial charge in [-0.25, -0.2) is 4.98 Å². The van der Waals surface area contributed by atoms with E-state index in [1.54, 1.807) is 6.08 Å². The van der Waals surface area contributed by atoms with Crippen LogP contribution in [0.4, 0.5) is 5.69 Å². The quantitative estimate of drug-likeness (QED) is 0.637. The number of benzene rings is 2. The summed E-state index contributed by atoms with van der Waals surface area (Å²) in [6, 6.07) is 21.9. The molecule has 0 unspecified atom stereocenters. The fraction of sp³-hybridized carbons (Fsp3) is 0.0909. The van der Waals surface area contributed by atoms with Crippen LogP contribution in [0.1, 0.15) is 12.6 Å². The van der Waals surface area contributed by atoms with Gasteiger partial charge in [0.15, 0.2) is 5.75 Å². The van der Waals surface area contributed by atoms with Crippen molar-refractivity contribution < 1.29 is 4.74 Å². The molecule has 4 heteroatoms. The van der Waals surface area contributed by atoms with Gasteiger partial charge in [-0.3, -0.25) is 0 Å². The van der Waals surface area contributed by atoms with Crippen molar-refractivity contribution in [2.45, 2.75) is 6.92 Å². The number of para-hydroxylation sites is 3. The molecule has 0 atom stereocenters. The van der Waals surface area contributed by atoms with E-state index in [1.165, 1.54) is 0 Å². The monoisotopic (exact) mass is 339 g/mol. The summed E-state index contributed by atoms with van der Waals surface area (Å²) in [7, 11) is 0. The molecule has 0 amide bonds. The first-order valence-corrected chi connectivity index (χ1v) is 8.53. The Hall–Kier alpha value is -3.58. The van der Waals surface area contributed by atoms with Gasteiger partial charge < -0.3 is 9.64 Å². The summed E-state index contributed by atoms with van der Waals surface area (Å²) < 4.78 is 5.92. The molecule has 2 heterocycles. The van der Waals surface area contributed by atoms with Crippen molar-refractivity contribution in [3.63, 3.8) is 0 Å². The lowest BCUT2D eigenvalue weighted by Crippen LogP contribution is -2.19. The van der Waals surface area contributed by atoms with Gasteiger partial charge in [0.05, 0.1) is 22.5 Å². The van der Waals surface area contributed by atoms with Crippen LogP contribution in [0.5, 0.6) is 5.75 Å². The number of hydrogen-bond acceptors (Lipinski definition) is 4. The van der Waals surface area contributed by atoms with Crippen molar-refractivity contribution in [3.8, 4) is 11.8 Å². The Morgan fingerprint density at radius 2 is 1.92 bits per heavy atom. The largest absolute Gasteiger partial charge is 0.439 e. The highest BCUT2D eigenvalue weighted by molar-refractivity contribution is 5.84. The second-order valence-electron chi connectivity index (χ2n) is 5.90. The van der Waals surface area contributed by atoms with E-state index in [4.69, 9.17) is 4.74 Å². The highest BCUT2D eigenvalue weighted by atomic mass is 16.5. The molecule has 126 valence electrons. The molecule has 0 saturated carbocycles. The number of allylic oxidation sites excluding steroid dienone is 3. The molecule has 26 heavy (non-hydrogen) atoms. The maximum absolute atomic E-state index is 9.58. The van der Waals surface area contributed by atoms with Crippen LogP contribution in [-0.2, 0) is 0 Å². The van der Waals surface area contributed by atoms with Crippen molar-refractivity contribution in [1.29, 1.82) is 5.26 Å². The average molecular weight is 339 g/mol. The highest BCUT2D eigenvalue weighted by Gasteiger charge is 2.23. The first-order valence-electron chi connectivity index (χ1n) is 8.53. The Morgan fingerprint density at radius 1 is 1.12 bits per heavy atom. The van der Waals surface area contributed by atoms with Gasteiger partial charge in [0, 0.05) is 18.0 Å². The van der Waals surface area contributed by atoms with Crippen LogP contribution in [-0.4, -0.2) is 11.5 Å². The summed E-state index contributed by atoms with van der Waals surface area (Å²) in [6.07, 6.45) is 3.60. The molecule has 0 saturated heterocycles. The van der Waals surface area contributed by atoms with Crippen molar-refractivity contribution in [1.82, 2.24) is 4.98 Å². The molecular formula is C22H17N3O. The van der Waals surface area contributed by atoms with Gasteiger partial charge in [0.25, 0.3) is 0 Å². The second kappa shape index (κ2) is 6.73. The fourth-order valence-electron chi connectivity index (χ4n) is 3.05. The standard InChI is InChI=1S/C22H17N3O/c1-2-25-20-9-5-6-10-21(20)26-22(25)14-12-17(15-23)19-13-11-16-7-3-4-8-18(16)24-19/h3-14H,2H2,1H3. The number of ether oxygens (including phenoxy) is 1. The molecule has 4 nitrogen and oxygen atoms in total. The molecule has 0 radical (unpaired) electrons. The lowest BCUT2D eigenvalue weighted by atomic mass is 10.1. The Balaban J connectivity index is 1.69. The number of pyridine rings is 1. The molecule has 0 fully saturated rings. The van der Waals surface area contributed by atoms with Gasteiger partial charge >= 0.3 is 0 Å². The normalized spacial score (nSPS) is 15.0. The molecule has 2 aromatic carbocycles. The van der Waals surface area contributed by atoms with Crippen LogP contribution < -0.4 is 9.64 Å². The third-order valence-corrected chi connectivity index (χ3v) is 4.34. The molecular weight excluding hydrogens is 322 g/mol. The number of rotatable bonds is 3. The zero-order valence-corrected chi connectivity index (χ0v) is 14.4. The molecule has 0 spiro atoms. The van der Waals surface area contributed by atoms with E-state index >= 15 is 0 Å². The molecule has 0 bridgehead atoms. The van der Waals surface area contributed by atoms with E-state index in [-0.39, 0.29) is 0 Å². The number of aromatic nitrogens is 1. The van der Waals surface area contributed by atoms with Crippen LogP contribution in [0.2, 0.25) is 0 Å². The summed E-state index contributed by atoms with van der Waals surface area (Å²) in [5.74, 6) is 1.54. The highest BCUT2D eigenvalue weighted by Crippen LogP contribution is 2.38. The van der Waals surface area contributed by atoms with Gasteiger partial charge in [-0.2, -0.15) is 5.26 Å². The first kappa shape index (κ1) is 15.9. The molecule has 1 aliphatic rings. The minimum absolute atomic E-state index is 0.499. The second-order valence-corrected chi connectivity index (χ2v) is 5.90. The van der Waals surface area contributed by atoms with Gasteiger partial charge in [0.1, 0.15) is 6.07 Å². The molecule has 0 aliphatic carbocycles. The van der Waals surface area contributed by atoms with E-state index in [9.17, 15) is 5.26 Å². The SMILES string of the molecule is CCN1C(=CC=C(C#N)c2ccc3ccccc3n2)Oc2ccccc21. The minimum Gasteiger partial charge on any atom is -0.439 e. The number of nitriles is 1. The predicted molar refractivity (Wildman–Crippen MR) is 104 cm³/mol. The van der Waals surface area contributed by atoms with Gasteiger partial charge in [-0.05, 0) is 37.3 Å². The van der Waals surface area contributed by atoms with Crippen molar-refractivity contribution in [3.05, 3.63) is 84.4 Å². The number of nitrogens with zero attached hydrogens (tertiary/aromatic N) is 3. The fourth-order valence-corrected chi connectivity index (χ4v) is 3.05. The Kier molecular flexibility index (Phi) is 4.12. The van der Waals surface area contributed by atoms with E-state index < -0.39 is 0 Å².